The molecule has 0 aliphatic rings. The fourth-order valence-corrected chi connectivity index (χ4v) is 1.54. The number of pyridine rings is 1. The third kappa shape index (κ3) is 2.64. The van der Waals surface area contributed by atoms with Crippen molar-refractivity contribution in [3.63, 3.8) is 0 Å². The number of nitrogens with one attached hydrogen (secondary N) is 1. The Morgan fingerprint density at radius 2 is 2.00 bits per heavy atom. The molecule has 3 N–H and O–H groups in total. The van der Waals surface area contributed by atoms with Gasteiger partial charge in [0.1, 0.15) is 0 Å². The summed E-state index contributed by atoms with van der Waals surface area (Å²) in [6.07, 6.45) is 1.65. The second-order valence-corrected chi connectivity index (χ2v) is 3.50. The molecule has 1 heterocycles. The van der Waals surface area contributed by atoms with E-state index in [1.54, 1.807) is 19.4 Å². The Hall–Kier alpha value is -2.40. The van der Waals surface area contributed by atoms with Crippen LogP contribution in [0.25, 0.3) is 0 Å². The number of hydrogen-bond donors (Lipinski definition) is 2. The van der Waals surface area contributed by atoms with Gasteiger partial charge in [-0.3, -0.25) is 0 Å². The van der Waals surface area contributed by atoms with Gasteiger partial charge in [-0.1, -0.05) is 18.2 Å². The molecule has 0 saturated carbocycles. The van der Waals surface area contributed by atoms with Crippen molar-refractivity contribution in [1.29, 1.82) is 0 Å². The molecule has 0 saturated heterocycles. The molecule has 0 bridgehead atoms. The summed E-state index contributed by atoms with van der Waals surface area (Å²) in [7, 11) is 1.56. The molecule has 0 unspecified atom stereocenters. The Morgan fingerprint density at radius 3 is 2.67 bits per heavy atom. The minimum absolute atomic E-state index is 0.477. The Balaban J connectivity index is 2.42. The molecule has 1 aromatic heterocycles. The molecule has 2 rings (SSSR count). The molecular weight excluding hydrogens is 228 g/mol. The fourth-order valence-electron chi connectivity index (χ4n) is 1.54. The van der Waals surface area contributed by atoms with Crippen LogP contribution in [0.1, 0.15) is 5.56 Å². The zero-order chi connectivity index (χ0) is 12.8. The molecular formula is C13H14N4O. The van der Waals surface area contributed by atoms with E-state index in [1.165, 1.54) is 0 Å². The summed E-state index contributed by atoms with van der Waals surface area (Å²) >= 11 is 0. The number of aromatic nitrogens is 1. The maximum Gasteiger partial charge on any atom is 0.224 e. The highest BCUT2D eigenvalue weighted by Crippen LogP contribution is 2.17. The average molecular weight is 242 g/mol. The highest BCUT2D eigenvalue weighted by Gasteiger charge is 2.09. The van der Waals surface area contributed by atoms with E-state index in [-0.39, 0.29) is 0 Å². The summed E-state index contributed by atoms with van der Waals surface area (Å²) in [6, 6.07) is 13.2. The largest absolute Gasteiger partial charge is 0.480 e. The lowest BCUT2D eigenvalue weighted by Gasteiger charge is -2.09. The number of methoxy groups -OCH3 is 1. The van der Waals surface area contributed by atoms with Gasteiger partial charge in [0.25, 0.3) is 0 Å². The van der Waals surface area contributed by atoms with Gasteiger partial charge >= 0.3 is 0 Å². The van der Waals surface area contributed by atoms with E-state index in [1.807, 2.05) is 36.4 Å². The third-order valence-corrected chi connectivity index (χ3v) is 2.35. The van der Waals surface area contributed by atoms with E-state index >= 15 is 0 Å². The minimum Gasteiger partial charge on any atom is -0.480 e. The molecule has 92 valence electrons. The van der Waals surface area contributed by atoms with Crippen molar-refractivity contribution in [1.82, 2.24) is 10.4 Å². The zero-order valence-corrected chi connectivity index (χ0v) is 10.00. The number of nitrogens with zero attached hydrogens (tertiary/aromatic N) is 2. The summed E-state index contributed by atoms with van der Waals surface area (Å²) < 4.78 is 5.18. The van der Waals surface area contributed by atoms with Gasteiger partial charge in [-0.05, 0) is 24.3 Å². The predicted octanol–water partition coefficient (Wildman–Crippen LogP) is 1.63. The lowest BCUT2D eigenvalue weighted by molar-refractivity contribution is 0.397. The quantitative estimate of drug-likeness (QED) is 0.371. The van der Waals surface area contributed by atoms with E-state index in [2.05, 4.69) is 15.4 Å². The number of benzene rings is 1. The molecule has 0 aliphatic carbocycles. The van der Waals surface area contributed by atoms with Crippen LogP contribution in [0.2, 0.25) is 0 Å². The second-order valence-electron chi connectivity index (χ2n) is 3.50. The molecule has 0 radical (unpaired) electrons. The molecule has 5 nitrogen and oxygen atoms in total. The molecule has 0 spiro atoms. The van der Waals surface area contributed by atoms with Crippen LogP contribution >= 0.6 is 0 Å². The number of nitrogens with two attached hydrogens (primary N) is 1. The molecule has 0 fully saturated rings. The summed E-state index contributed by atoms with van der Waals surface area (Å²) in [5.41, 5.74) is 4.09. The Kier molecular flexibility index (Phi) is 3.88. The van der Waals surface area contributed by atoms with Crippen LogP contribution in [0.4, 0.5) is 5.69 Å². The third-order valence-electron chi connectivity index (χ3n) is 2.35. The molecule has 18 heavy (non-hydrogen) atoms. The summed E-state index contributed by atoms with van der Waals surface area (Å²) in [4.78, 5) is 8.53. The Bertz CT molecular complexity index is 540. The van der Waals surface area contributed by atoms with Crippen LogP contribution in [-0.4, -0.2) is 17.9 Å². The first-order valence-corrected chi connectivity index (χ1v) is 5.45. The number of hydrazine groups is 1. The first-order valence-electron chi connectivity index (χ1n) is 5.45. The number of amidine groups is 1. The number of aliphatic imine (C=N–C) groups is 1. The van der Waals surface area contributed by atoms with E-state index in [0.717, 1.165) is 5.69 Å². The molecule has 5 heteroatoms. The van der Waals surface area contributed by atoms with Crippen molar-refractivity contribution < 1.29 is 4.74 Å². The van der Waals surface area contributed by atoms with Crippen LogP contribution in [0.15, 0.2) is 53.7 Å². The predicted molar refractivity (Wildman–Crippen MR) is 70.8 cm³/mol. The molecule has 1 aromatic carbocycles. The van der Waals surface area contributed by atoms with E-state index < -0.39 is 0 Å². The molecule has 0 atom stereocenters. The second kappa shape index (κ2) is 5.79. The van der Waals surface area contributed by atoms with E-state index in [4.69, 9.17) is 10.6 Å². The average Bonchev–Trinajstić information content (AvgIpc) is 2.46. The van der Waals surface area contributed by atoms with Crippen LogP contribution in [0, 0.1) is 0 Å². The summed E-state index contributed by atoms with van der Waals surface area (Å²) in [5.74, 6) is 6.49. The lowest BCUT2D eigenvalue weighted by Crippen LogP contribution is -2.31. The monoisotopic (exact) mass is 242 g/mol. The number of rotatable bonds is 3. The SMILES string of the molecule is COc1ncccc1C(=Nc1ccccc1)NN. The van der Waals surface area contributed by atoms with Gasteiger partial charge < -0.3 is 10.2 Å². The van der Waals surface area contributed by atoms with Gasteiger partial charge in [-0.25, -0.2) is 15.8 Å². The summed E-state index contributed by atoms with van der Waals surface area (Å²) in [6.45, 7) is 0. The first-order chi connectivity index (χ1) is 8.85. The van der Waals surface area contributed by atoms with Crippen molar-refractivity contribution in [2.24, 2.45) is 10.8 Å². The number of para-hydroxylation sites is 1. The van der Waals surface area contributed by atoms with E-state index in [9.17, 15) is 0 Å². The normalized spacial score (nSPS) is 11.1. The maximum absolute atomic E-state index is 5.51. The molecule has 0 aliphatic heterocycles. The van der Waals surface area contributed by atoms with Crippen LogP contribution in [-0.2, 0) is 0 Å². The molecule has 0 amide bonds. The van der Waals surface area contributed by atoms with Gasteiger partial charge in [0.15, 0.2) is 5.84 Å². The van der Waals surface area contributed by atoms with Crippen molar-refractivity contribution in [2.45, 2.75) is 0 Å². The van der Waals surface area contributed by atoms with Crippen LogP contribution in [0.5, 0.6) is 5.88 Å². The summed E-state index contributed by atoms with van der Waals surface area (Å²) in [5, 5.41) is 0. The van der Waals surface area contributed by atoms with Gasteiger partial charge in [0, 0.05) is 6.20 Å². The minimum atomic E-state index is 0.477. The Morgan fingerprint density at radius 1 is 1.22 bits per heavy atom. The van der Waals surface area contributed by atoms with Crippen molar-refractivity contribution in [3.05, 3.63) is 54.2 Å². The maximum atomic E-state index is 5.51. The number of ether oxygens (including phenoxy) is 1. The fraction of sp³-hybridized carbons (Fsp3) is 0.0769. The van der Waals surface area contributed by atoms with E-state index in [0.29, 0.717) is 17.3 Å². The van der Waals surface area contributed by atoms with Crippen molar-refractivity contribution in [3.8, 4) is 5.88 Å². The van der Waals surface area contributed by atoms with Gasteiger partial charge in [-0.15, -0.1) is 0 Å². The smallest absolute Gasteiger partial charge is 0.224 e. The zero-order valence-electron chi connectivity index (χ0n) is 10.00. The van der Waals surface area contributed by atoms with Crippen LogP contribution in [0.3, 0.4) is 0 Å². The van der Waals surface area contributed by atoms with Gasteiger partial charge in [0.05, 0.1) is 18.4 Å². The van der Waals surface area contributed by atoms with Gasteiger partial charge in [0.2, 0.25) is 5.88 Å². The lowest BCUT2D eigenvalue weighted by atomic mass is 10.2. The van der Waals surface area contributed by atoms with Crippen molar-refractivity contribution >= 4 is 11.5 Å². The first kappa shape index (κ1) is 12.1. The van der Waals surface area contributed by atoms with Crippen LogP contribution < -0.4 is 16.0 Å². The van der Waals surface area contributed by atoms with Crippen molar-refractivity contribution in [2.75, 3.05) is 7.11 Å². The highest BCUT2D eigenvalue weighted by molar-refractivity contribution is 6.01. The standard InChI is InChI=1S/C13H14N4O/c1-18-13-11(8-5-9-15-13)12(17-14)16-10-6-3-2-4-7-10/h2-9H,14H2,1H3,(H,16,17). The van der Waals surface area contributed by atoms with Gasteiger partial charge in [-0.2, -0.15) is 0 Å². The number of hydrogen-bond acceptors (Lipinski definition) is 4. The highest BCUT2D eigenvalue weighted by atomic mass is 16.5. The topological polar surface area (TPSA) is 72.5 Å². The molecule has 2 aromatic rings. The Labute approximate surface area is 105 Å².